The van der Waals surface area contributed by atoms with Gasteiger partial charge in [0.15, 0.2) is 5.82 Å². The van der Waals surface area contributed by atoms with Crippen molar-refractivity contribution in [2.24, 2.45) is 0 Å². The molecule has 0 aliphatic carbocycles. The lowest BCUT2D eigenvalue weighted by Crippen LogP contribution is -2.08. The number of ether oxygens (including phenoxy) is 1. The number of rotatable bonds is 7. The minimum Gasteiger partial charge on any atom is -0.463 e. The summed E-state index contributed by atoms with van der Waals surface area (Å²) in [6.07, 6.45) is 6.30. The van der Waals surface area contributed by atoms with Crippen molar-refractivity contribution in [3.05, 3.63) is 89.5 Å². The molecule has 0 fully saturated rings. The molecule has 0 bridgehead atoms. The first-order valence-electron chi connectivity index (χ1n) is 11.2. The Kier molecular flexibility index (Phi) is 6.82. The molecule has 9 nitrogen and oxygen atoms in total. The van der Waals surface area contributed by atoms with Gasteiger partial charge in [0.05, 0.1) is 11.6 Å². The minimum atomic E-state index is -0.527. The summed E-state index contributed by atoms with van der Waals surface area (Å²) in [5.41, 5.74) is 3.74. The van der Waals surface area contributed by atoms with Crippen molar-refractivity contribution in [3.63, 3.8) is 0 Å². The molecular weight excluding hydrogens is 497 g/mol. The maximum atomic E-state index is 13.6. The Labute approximate surface area is 215 Å². The van der Waals surface area contributed by atoms with Crippen LogP contribution < -0.4 is 5.32 Å². The number of carbonyl (C=O) groups excluding carboxylic acids is 1. The SMILES string of the molecule is CCOC(=O)/C=C/c1cccc(-c2cnc(Nc3ccc(F)c(Cl)c3)nc2-n2nc3cccnc3n2)c1. The zero-order valence-electron chi connectivity index (χ0n) is 19.5. The number of fused-ring (bicyclic) bond motifs is 1. The van der Waals surface area contributed by atoms with Crippen molar-refractivity contribution in [3.8, 4) is 16.9 Å². The highest BCUT2D eigenvalue weighted by atomic mass is 35.5. The van der Waals surface area contributed by atoms with Gasteiger partial charge in [0.2, 0.25) is 11.6 Å². The van der Waals surface area contributed by atoms with E-state index in [2.05, 4.69) is 30.5 Å². The summed E-state index contributed by atoms with van der Waals surface area (Å²) in [4.78, 5) is 26.5. The standard InChI is InChI=1S/C26H19ClFN7O2/c1-2-37-23(36)11-8-16-5-3-6-17(13-16)19-15-30-26(31-18-9-10-21(28)20(27)14-18)32-25(19)35-33-22-7-4-12-29-24(22)34-35/h3-15H,2H2,1H3,(H,30,31,32)/b11-8+. The summed E-state index contributed by atoms with van der Waals surface area (Å²) in [6, 6.07) is 15.3. The molecule has 0 saturated heterocycles. The molecule has 0 atom stereocenters. The Balaban J connectivity index is 1.57. The summed E-state index contributed by atoms with van der Waals surface area (Å²) in [7, 11) is 0. The largest absolute Gasteiger partial charge is 0.463 e. The lowest BCUT2D eigenvalue weighted by atomic mass is 10.0. The summed E-state index contributed by atoms with van der Waals surface area (Å²) in [5.74, 6) is -0.335. The molecule has 0 spiro atoms. The van der Waals surface area contributed by atoms with Gasteiger partial charge in [-0.3, -0.25) is 0 Å². The van der Waals surface area contributed by atoms with Crippen molar-refractivity contribution < 1.29 is 13.9 Å². The van der Waals surface area contributed by atoms with Gasteiger partial charge >= 0.3 is 5.97 Å². The van der Waals surface area contributed by atoms with E-state index < -0.39 is 11.8 Å². The molecule has 0 saturated carbocycles. The predicted octanol–water partition coefficient (Wildman–Crippen LogP) is 5.38. The van der Waals surface area contributed by atoms with Crippen LogP contribution in [0.4, 0.5) is 16.0 Å². The topological polar surface area (TPSA) is 108 Å². The Morgan fingerprint density at radius 1 is 1.14 bits per heavy atom. The summed E-state index contributed by atoms with van der Waals surface area (Å²) in [5, 5.41) is 12.0. The molecule has 3 heterocycles. The first kappa shape index (κ1) is 24.0. The van der Waals surface area contributed by atoms with Gasteiger partial charge in [-0.1, -0.05) is 29.8 Å². The van der Waals surface area contributed by atoms with Crippen LogP contribution in [0.1, 0.15) is 12.5 Å². The number of nitrogens with one attached hydrogen (secondary N) is 1. The van der Waals surface area contributed by atoms with Crippen LogP contribution in [-0.2, 0) is 9.53 Å². The average Bonchev–Trinajstić information content (AvgIpc) is 3.34. The second-order valence-electron chi connectivity index (χ2n) is 7.73. The average molecular weight is 516 g/mol. The monoisotopic (exact) mass is 515 g/mol. The van der Waals surface area contributed by atoms with E-state index in [1.54, 1.807) is 37.5 Å². The highest BCUT2D eigenvalue weighted by molar-refractivity contribution is 6.31. The molecule has 5 rings (SSSR count). The lowest BCUT2D eigenvalue weighted by Gasteiger charge is -2.11. The van der Waals surface area contributed by atoms with Crippen LogP contribution >= 0.6 is 11.6 Å². The lowest BCUT2D eigenvalue weighted by molar-refractivity contribution is -0.137. The van der Waals surface area contributed by atoms with Gasteiger partial charge in [-0.25, -0.2) is 19.2 Å². The quantitative estimate of drug-likeness (QED) is 0.227. The molecule has 1 N–H and O–H groups in total. The zero-order valence-corrected chi connectivity index (χ0v) is 20.2. The van der Waals surface area contributed by atoms with Crippen molar-refractivity contribution >= 4 is 46.4 Å². The number of hydrogen-bond donors (Lipinski definition) is 1. The van der Waals surface area contributed by atoms with Crippen LogP contribution in [0.25, 0.3) is 34.2 Å². The molecule has 2 aromatic carbocycles. The maximum absolute atomic E-state index is 13.6. The van der Waals surface area contributed by atoms with E-state index in [-0.39, 0.29) is 11.0 Å². The Hall–Kier alpha value is -4.70. The first-order valence-corrected chi connectivity index (χ1v) is 11.6. The molecule has 0 aliphatic heterocycles. The third kappa shape index (κ3) is 5.44. The van der Waals surface area contributed by atoms with Crippen molar-refractivity contribution in [2.75, 3.05) is 11.9 Å². The molecule has 184 valence electrons. The zero-order chi connectivity index (χ0) is 25.8. The van der Waals surface area contributed by atoms with Crippen molar-refractivity contribution in [1.82, 2.24) is 29.9 Å². The van der Waals surface area contributed by atoms with Crippen molar-refractivity contribution in [2.45, 2.75) is 6.92 Å². The fourth-order valence-electron chi connectivity index (χ4n) is 3.51. The van der Waals surface area contributed by atoms with Crippen LogP contribution in [0.3, 0.4) is 0 Å². The number of aromatic nitrogens is 6. The van der Waals surface area contributed by atoms with Gasteiger partial charge in [0.1, 0.15) is 11.3 Å². The predicted molar refractivity (Wildman–Crippen MR) is 138 cm³/mol. The van der Waals surface area contributed by atoms with E-state index in [0.29, 0.717) is 34.8 Å². The van der Waals surface area contributed by atoms with Gasteiger partial charge < -0.3 is 10.1 Å². The van der Waals surface area contributed by atoms with Gasteiger partial charge in [-0.2, -0.15) is 4.98 Å². The molecule has 0 amide bonds. The van der Waals surface area contributed by atoms with Gasteiger partial charge in [-0.05, 0) is 60.5 Å². The number of nitrogens with zero attached hydrogens (tertiary/aromatic N) is 6. The molecule has 3 aromatic heterocycles. The molecule has 0 aliphatic rings. The Morgan fingerprint density at radius 3 is 2.84 bits per heavy atom. The fraction of sp³-hybridized carbons (Fsp3) is 0.0769. The number of pyridine rings is 1. The Bertz CT molecular complexity index is 1600. The third-order valence-corrected chi connectivity index (χ3v) is 5.48. The summed E-state index contributed by atoms with van der Waals surface area (Å²) in [6.45, 7) is 2.05. The van der Waals surface area contributed by atoms with E-state index in [4.69, 9.17) is 16.3 Å². The van der Waals surface area contributed by atoms with Crippen LogP contribution in [0.5, 0.6) is 0 Å². The maximum Gasteiger partial charge on any atom is 0.330 e. The second-order valence-corrected chi connectivity index (χ2v) is 8.14. The van der Waals surface area contributed by atoms with Gasteiger partial charge in [0.25, 0.3) is 0 Å². The molecule has 0 unspecified atom stereocenters. The van der Waals surface area contributed by atoms with Crippen molar-refractivity contribution in [1.29, 1.82) is 0 Å². The molecule has 0 radical (unpaired) electrons. The Morgan fingerprint density at radius 2 is 2.03 bits per heavy atom. The number of benzene rings is 2. The smallest absolute Gasteiger partial charge is 0.330 e. The number of carbonyl (C=O) groups is 1. The normalized spacial score (nSPS) is 11.2. The van der Waals surface area contributed by atoms with E-state index in [1.165, 1.54) is 29.1 Å². The number of esters is 1. The van der Waals surface area contributed by atoms with E-state index in [1.807, 2.05) is 24.3 Å². The van der Waals surface area contributed by atoms with Crippen LogP contribution in [0.15, 0.2) is 73.1 Å². The highest BCUT2D eigenvalue weighted by Crippen LogP contribution is 2.28. The summed E-state index contributed by atoms with van der Waals surface area (Å²) < 4.78 is 18.5. The van der Waals surface area contributed by atoms with E-state index in [9.17, 15) is 9.18 Å². The fourth-order valence-corrected chi connectivity index (χ4v) is 3.69. The number of halogens is 2. The number of anilines is 2. The highest BCUT2D eigenvalue weighted by Gasteiger charge is 2.16. The molecule has 37 heavy (non-hydrogen) atoms. The van der Waals surface area contributed by atoms with E-state index >= 15 is 0 Å². The minimum absolute atomic E-state index is 0.0272. The van der Waals surface area contributed by atoms with Gasteiger partial charge in [0, 0.05) is 29.7 Å². The summed E-state index contributed by atoms with van der Waals surface area (Å²) >= 11 is 5.91. The molecular formula is C26H19ClFN7O2. The molecule has 5 aromatic rings. The van der Waals surface area contributed by atoms with Gasteiger partial charge in [-0.15, -0.1) is 15.0 Å². The van der Waals surface area contributed by atoms with Crippen LogP contribution in [-0.4, -0.2) is 42.5 Å². The second kappa shape index (κ2) is 10.5. The molecule has 11 heteroatoms. The number of hydrogen-bond acceptors (Lipinski definition) is 8. The third-order valence-electron chi connectivity index (χ3n) is 5.19. The van der Waals surface area contributed by atoms with Crippen LogP contribution in [0.2, 0.25) is 5.02 Å². The van der Waals surface area contributed by atoms with E-state index in [0.717, 1.165) is 11.1 Å². The van der Waals surface area contributed by atoms with Crippen LogP contribution in [0, 0.1) is 5.82 Å². The first-order chi connectivity index (χ1) is 18.0.